The molecule has 174 valence electrons. The molecule has 1 heterocycles. The van der Waals surface area contributed by atoms with Crippen LogP contribution in [0.4, 0.5) is 0 Å². The van der Waals surface area contributed by atoms with Gasteiger partial charge < -0.3 is 14.8 Å². The first-order chi connectivity index (χ1) is 15.3. The van der Waals surface area contributed by atoms with Gasteiger partial charge >= 0.3 is 0 Å². The van der Waals surface area contributed by atoms with E-state index in [1.165, 1.54) is 0 Å². The van der Waals surface area contributed by atoms with Gasteiger partial charge in [0.25, 0.3) is 5.91 Å². The van der Waals surface area contributed by atoms with Gasteiger partial charge in [-0.05, 0) is 74.2 Å². The van der Waals surface area contributed by atoms with Gasteiger partial charge in [0.05, 0.1) is 11.4 Å². The molecule has 1 fully saturated rings. The second-order valence-electron chi connectivity index (χ2n) is 7.79. The van der Waals surface area contributed by atoms with E-state index in [9.17, 15) is 13.2 Å². The number of rotatable bonds is 9. The van der Waals surface area contributed by atoms with Crippen LogP contribution in [0.5, 0.6) is 11.5 Å². The Bertz CT molecular complexity index is 1010. The number of sulfonamides is 1. The Morgan fingerprint density at radius 2 is 1.62 bits per heavy atom. The topological polar surface area (TPSA) is 84.9 Å². The van der Waals surface area contributed by atoms with Gasteiger partial charge in [0.2, 0.25) is 10.0 Å². The number of ether oxygens (including phenoxy) is 2. The smallest absolute Gasteiger partial charge is 0.258 e. The van der Waals surface area contributed by atoms with Crippen LogP contribution in [0.1, 0.15) is 30.4 Å². The maximum absolute atomic E-state index is 12.7. The predicted octanol–water partition coefficient (Wildman–Crippen LogP) is 3.81. The minimum Gasteiger partial charge on any atom is -0.492 e. The Morgan fingerprint density at radius 3 is 2.25 bits per heavy atom. The highest BCUT2D eigenvalue weighted by atomic mass is 79.9. The van der Waals surface area contributed by atoms with Gasteiger partial charge in [-0.15, -0.1) is 0 Å². The van der Waals surface area contributed by atoms with Gasteiger partial charge in [-0.25, -0.2) is 8.42 Å². The van der Waals surface area contributed by atoms with E-state index in [0.717, 1.165) is 34.9 Å². The zero-order chi connectivity index (χ0) is 23.1. The molecule has 1 aliphatic heterocycles. The summed E-state index contributed by atoms with van der Waals surface area (Å²) in [6, 6.07) is 10.2. The molecule has 32 heavy (non-hydrogen) atoms. The Morgan fingerprint density at radius 1 is 1.00 bits per heavy atom. The van der Waals surface area contributed by atoms with Crippen LogP contribution in [-0.4, -0.2) is 51.5 Å². The van der Waals surface area contributed by atoms with Crippen molar-refractivity contribution in [3.05, 3.63) is 52.0 Å². The normalized spacial score (nSPS) is 14.7. The second-order valence-corrected chi connectivity index (χ2v) is 10.5. The van der Waals surface area contributed by atoms with Crippen molar-refractivity contribution >= 4 is 31.9 Å². The maximum atomic E-state index is 12.7. The molecule has 0 atom stereocenters. The van der Waals surface area contributed by atoms with E-state index in [4.69, 9.17) is 9.47 Å². The van der Waals surface area contributed by atoms with Crippen LogP contribution in [0.3, 0.4) is 0 Å². The molecule has 0 bridgehead atoms. The summed E-state index contributed by atoms with van der Waals surface area (Å²) in [6.07, 6.45) is 2.88. The third kappa shape index (κ3) is 6.46. The highest BCUT2D eigenvalue weighted by Crippen LogP contribution is 2.26. The molecule has 0 saturated carbocycles. The molecule has 3 rings (SSSR count). The highest BCUT2D eigenvalue weighted by Gasteiger charge is 2.25. The van der Waals surface area contributed by atoms with E-state index in [1.807, 2.05) is 26.0 Å². The summed E-state index contributed by atoms with van der Waals surface area (Å²) in [4.78, 5) is 12.3. The van der Waals surface area contributed by atoms with Crippen LogP contribution < -0.4 is 14.8 Å². The van der Waals surface area contributed by atoms with Crippen molar-refractivity contribution in [2.45, 2.75) is 38.0 Å². The Hall–Kier alpha value is -2.10. The fourth-order valence-electron chi connectivity index (χ4n) is 3.51. The van der Waals surface area contributed by atoms with Gasteiger partial charge in [-0.1, -0.05) is 22.4 Å². The van der Waals surface area contributed by atoms with Crippen LogP contribution in [0.2, 0.25) is 0 Å². The largest absolute Gasteiger partial charge is 0.492 e. The molecule has 1 amide bonds. The number of halogens is 1. The summed E-state index contributed by atoms with van der Waals surface area (Å²) in [7, 11) is -3.45. The fraction of sp³-hybridized carbons (Fsp3) is 0.435. The number of nitrogens with one attached hydrogen (secondary N) is 1. The van der Waals surface area contributed by atoms with Crippen molar-refractivity contribution in [3.8, 4) is 11.5 Å². The van der Waals surface area contributed by atoms with Gasteiger partial charge in [0, 0.05) is 17.6 Å². The van der Waals surface area contributed by atoms with Gasteiger partial charge in [-0.2, -0.15) is 4.31 Å². The summed E-state index contributed by atoms with van der Waals surface area (Å²) in [5, 5.41) is 2.74. The quantitative estimate of drug-likeness (QED) is 0.504. The highest BCUT2D eigenvalue weighted by molar-refractivity contribution is 9.10. The zero-order valence-corrected chi connectivity index (χ0v) is 20.8. The molecule has 0 spiro atoms. The van der Waals surface area contributed by atoms with E-state index in [-0.39, 0.29) is 24.0 Å². The number of amides is 1. The van der Waals surface area contributed by atoms with Gasteiger partial charge in [0.1, 0.15) is 18.1 Å². The molecule has 0 radical (unpaired) electrons. The lowest BCUT2D eigenvalue weighted by Gasteiger charge is -2.25. The molecular formula is C23H29BrN2O5S. The average Bonchev–Trinajstić information content (AvgIpc) is 2.79. The number of aryl methyl sites for hydroxylation is 2. The molecule has 0 aromatic heterocycles. The Labute approximate surface area is 198 Å². The van der Waals surface area contributed by atoms with Crippen molar-refractivity contribution < 1.29 is 22.7 Å². The standard InChI is InChI=1S/C23H29BrN2O5S/c1-17-14-20(15-18(2)23(17)24)31-16-22(27)25-10-13-30-19-6-8-21(9-7-19)32(28,29)26-11-4-3-5-12-26/h6-9,14-15H,3-5,10-13,16H2,1-2H3,(H,25,27). The summed E-state index contributed by atoms with van der Waals surface area (Å²) in [5.74, 6) is 0.956. The van der Waals surface area contributed by atoms with Crippen LogP contribution in [0.25, 0.3) is 0 Å². The number of hydrogen-bond donors (Lipinski definition) is 1. The fourth-order valence-corrected chi connectivity index (χ4v) is 5.26. The molecule has 9 heteroatoms. The number of benzene rings is 2. The van der Waals surface area contributed by atoms with Crippen molar-refractivity contribution in [1.82, 2.24) is 9.62 Å². The summed E-state index contributed by atoms with van der Waals surface area (Å²) >= 11 is 3.51. The summed E-state index contributed by atoms with van der Waals surface area (Å²) < 4.78 is 39.1. The molecule has 1 aliphatic rings. The first kappa shape index (κ1) is 24.5. The third-order valence-corrected chi connectivity index (χ3v) is 8.41. The maximum Gasteiger partial charge on any atom is 0.258 e. The zero-order valence-electron chi connectivity index (χ0n) is 18.4. The van der Waals surface area contributed by atoms with Crippen molar-refractivity contribution in [1.29, 1.82) is 0 Å². The van der Waals surface area contributed by atoms with Crippen molar-refractivity contribution in [2.24, 2.45) is 0 Å². The predicted molar refractivity (Wildman–Crippen MR) is 127 cm³/mol. The van der Waals surface area contributed by atoms with E-state index < -0.39 is 10.0 Å². The molecule has 0 aliphatic carbocycles. The summed E-state index contributed by atoms with van der Waals surface area (Å²) in [5.41, 5.74) is 2.09. The molecule has 1 N–H and O–H groups in total. The van der Waals surface area contributed by atoms with Crippen LogP contribution in [-0.2, 0) is 14.8 Å². The third-order valence-electron chi connectivity index (χ3n) is 5.25. The van der Waals surface area contributed by atoms with Crippen LogP contribution >= 0.6 is 15.9 Å². The van der Waals surface area contributed by atoms with E-state index in [0.29, 0.717) is 31.1 Å². The summed E-state index contributed by atoms with van der Waals surface area (Å²) in [6.45, 7) is 5.59. The number of carbonyl (C=O) groups excluding carboxylic acids is 1. The number of piperidine rings is 1. The molecule has 7 nitrogen and oxygen atoms in total. The van der Waals surface area contributed by atoms with Gasteiger partial charge in [-0.3, -0.25) is 4.79 Å². The first-order valence-electron chi connectivity index (χ1n) is 10.7. The second kappa shape index (κ2) is 11.2. The Balaban J connectivity index is 1.40. The van der Waals surface area contributed by atoms with Gasteiger partial charge in [0.15, 0.2) is 6.61 Å². The SMILES string of the molecule is Cc1cc(OCC(=O)NCCOc2ccc(S(=O)(=O)N3CCCCC3)cc2)cc(C)c1Br. The average molecular weight is 525 g/mol. The molecule has 0 unspecified atom stereocenters. The van der Waals surface area contributed by atoms with Crippen LogP contribution in [0, 0.1) is 13.8 Å². The molecule has 2 aromatic carbocycles. The van der Waals surface area contributed by atoms with Crippen LogP contribution in [0.15, 0.2) is 45.8 Å². The molecule has 2 aromatic rings. The lowest BCUT2D eigenvalue weighted by molar-refractivity contribution is -0.123. The van der Waals surface area contributed by atoms with E-state index >= 15 is 0 Å². The van der Waals surface area contributed by atoms with Crippen molar-refractivity contribution in [3.63, 3.8) is 0 Å². The minimum atomic E-state index is -3.45. The van der Waals surface area contributed by atoms with E-state index in [1.54, 1.807) is 28.6 Å². The number of hydrogen-bond acceptors (Lipinski definition) is 5. The molecular weight excluding hydrogens is 496 g/mol. The monoisotopic (exact) mass is 524 g/mol. The lowest BCUT2D eigenvalue weighted by atomic mass is 10.1. The lowest BCUT2D eigenvalue weighted by Crippen LogP contribution is -2.35. The Kier molecular flexibility index (Phi) is 8.56. The van der Waals surface area contributed by atoms with E-state index in [2.05, 4.69) is 21.2 Å². The first-order valence-corrected chi connectivity index (χ1v) is 12.9. The number of nitrogens with zero attached hydrogens (tertiary/aromatic N) is 1. The number of carbonyl (C=O) groups is 1. The minimum absolute atomic E-state index is 0.0798. The van der Waals surface area contributed by atoms with Crippen molar-refractivity contribution in [2.75, 3.05) is 32.8 Å². The molecule has 1 saturated heterocycles.